The molecular formula is C7H8BrFN2. The maximum absolute atomic E-state index is 13.1. The first-order valence-electron chi connectivity index (χ1n) is 3.09. The summed E-state index contributed by atoms with van der Waals surface area (Å²) in [6, 6.07) is 3.18. The lowest BCUT2D eigenvalue weighted by Crippen LogP contribution is -2.04. The van der Waals surface area contributed by atoms with Crippen LogP contribution in [0.15, 0.2) is 16.6 Å². The van der Waals surface area contributed by atoms with Crippen LogP contribution in [0.1, 0.15) is 5.56 Å². The topological polar surface area (TPSA) is 52.0 Å². The van der Waals surface area contributed by atoms with Crippen molar-refractivity contribution in [3.8, 4) is 0 Å². The van der Waals surface area contributed by atoms with Crippen molar-refractivity contribution >= 4 is 21.6 Å². The maximum Gasteiger partial charge on any atom is 0.143 e. The third kappa shape index (κ3) is 1.52. The van der Waals surface area contributed by atoms with Gasteiger partial charge in [0, 0.05) is 17.8 Å². The van der Waals surface area contributed by atoms with E-state index in [1.54, 1.807) is 12.1 Å². The van der Waals surface area contributed by atoms with Gasteiger partial charge in [0.05, 0.1) is 4.47 Å². The fourth-order valence-electron chi connectivity index (χ4n) is 0.815. The highest BCUT2D eigenvalue weighted by Crippen LogP contribution is 2.23. The predicted octanol–water partition coefficient (Wildman–Crippen LogP) is 1.63. The molecule has 2 nitrogen and oxygen atoms in total. The Bertz CT molecular complexity index is 275. The summed E-state index contributed by atoms with van der Waals surface area (Å²) in [5, 5.41) is 0. The van der Waals surface area contributed by atoms with E-state index in [1.807, 2.05) is 0 Å². The predicted molar refractivity (Wildman–Crippen MR) is 46.4 cm³/mol. The summed E-state index contributed by atoms with van der Waals surface area (Å²) in [4.78, 5) is 0. The van der Waals surface area contributed by atoms with Gasteiger partial charge in [0.2, 0.25) is 0 Å². The number of benzene rings is 1. The Morgan fingerprint density at radius 1 is 1.45 bits per heavy atom. The molecule has 0 aliphatic rings. The number of hydrogen-bond donors (Lipinski definition) is 2. The van der Waals surface area contributed by atoms with Gasteiger partial charge in [0.1, 0.15) is 5.82 Å². The van der Waals surface area contributed by atoms with Crippen molar-refractivity contribution in [2.75, 3.05) is 5.73 Å². The lowest BCUT2D eigenvalue weighted by molar-refractivity contribution is 0.605. The van der Waals surface area contributed by atoms with Crippen molar-refractivity contribution in [1.29, 1.82) is 0 Å². The molecule has 11 heavy (non-hydrogen) atoms. The van der Waals surface area contributed by atoms with Crippen LogP contribution in [0.4, 0.5) is 10.1 Å². The molecule has 0 bridgehead atoms. The van der Waals surface area contributed by atoms with Gasteiger partial charge in [0.25, 0.3) is 0 Å². The van der Waals surface area contributed by atoms with Gasteiger partial charge in [-0.05, 0) is 28.1 Å². The fourth-order valence-corrected chi connectivity index (χ4v) is 1.19. The largest absolute Gasteiger partial charge is 0.398 e. The standard InChI is InChI=1S/C7H8BrFN2/c8-5-1-2-6(11)4(3-10)7(5)9/h1-2H,3,10-11H2. The highest BCUT2D eigenvalue weighted by atomic mass is 79.9. The van der Waals surface area contributed by atoms with E-state index in [4.69, 9.17) is 11.5 Å². The van der Waals surface area contributed by atoms with Gasteiger partial charge in [-0.3, -0.25) is 0 Å². The zero-order chi connectivity index (χ0) is 8.43. The molecule has 1 aromatic rings. The second-order valence-corrected chi connectivity index (χ2v) is 2.99. The van der Waals surface area contributed by atoms with Gasteiger partial charge in [-0.25, -0.2) is 4.39 Å². The first kappa shape index (κ1) is 8.49. The molecule has 4 N–H and O–H groups in total. The highest BCUT2D eigenvalue weighted by molar-refractivity contribution is 9.10. The molecule has 0 amide bonds. The fraction of sp³-hybridized carbons (Fsp3) is 0.143. The monoisotopic (exact) mass is 218 g/mol. The van der Waals surface area contributed by atoms with Crippen LogP contribution in [0.2, 0.25) is 0 Å². The van der Waals surface area contributed by atoms with Gasteiger partial charge in [-0.2, -0.15) is 0 Å². The van der Waals surface area contributed by atoms with E-state index >= 15 is 0 Å². The average molecular weight is 219 g/mol. The van der Waals surface area contributed by atoms with Crippen molar-refractivity contribution in [1.82, 2.24) is 0 Å². The number of halogens is 2. The normalized spacial score (nSPS) is 10.1. The Morgan fingerprint density at radius 3 is 2.55 bits per heavy atom. The Balaban J connectivity index is 3.29. The highest BCUT2D eigenvalue weighted by Gasteiger charge is 2.07. The molecule has 0 fully saturated rings. The van der Waals surface area contributed by atoms with E-state index in [2.05, 4.69) is 15.9 Å². The van der Waals surface area contributed by atoms with Gasteiger partial charge < -0.3 is 11.5 Å². The summed E-state index contributed by atoms with van der Waals surface area (Å²) in [6.07, 6.45) is 0. The molecule has 60 valence electrons. The molecule has 0 aliphatic carbocycles. The third-order valence-corrected chi connectivity index (χ3v) is 2.05. The van der Waals surface area contributed by atoms with Gasteiger partial charge >= 0.3 is 0 Å². The molecule has 0 atom stereocenters. The molecule has 0 unspecified atom stereocenters. The molecule has 0 saturated heterocycles. The summed E-state index contributed by atoms with van der Waals surface area (Å²) < 4.78 is 13.5. The van der Waals surface area contributed by atoms with E-state index in [0.717, 1.165) is 0 Å². The van der Waals surface area contributed by atoms with E-state index in [9.17, 15) is 4.39 Å². The Hall–Kier alpha value is -0.610. The average Bonchev–Trinajstić information content (AvgIpc) is 1.99. The second kappa shape index (κ2) is 3.19. The first-order valence-corrected chi connectivity index (χ1v) is 3.88. The molecular weight excluding hydrogens is 211 g/mol. The van der Waals surface area contributed by atoms with Crippen LogP contribution < -0.4 is 11.5 Å². The van der Waals surface area contributed by atoms with Crippen LogP contribution >= 0.6 is 15.9 Å². The molecule has 0 radical (unpaired) electrons. The molecule has 0 aromatic heterocycles. The van der Waals surface area contributed by atoms with E-state index < -0.39 is 0 Å². The zero-order valence-corrected chi connectivity index (χ0v) is 7.36. The molecule has 0 heterocycles. The molecule has 0 saturated carbocycles. The van der Waals surface area contributed by atoms with Crippen LogP contribution in [-0.2, 0) is 6.54 Å². The summed E-state index contributed by atoms with van der Waals surface area (Å²) in [5.74, 6) is -0.368. The smallest absolute Gasteiger partial charge is 0.143 e. The summed E-state index contributed by atoms with van der Waals surface area (Å²) >= 11 is 3.03. The molecule has 1 rings (SSSR count). The number of rotatable bonds is 1. The number of nitrogens with two attached hydrogens (primary N) is 2. The SMILES string of the molecule is NCc1c(N)ccc(Br)c1F. The Labute approximate surface area is 72.5 Å². The van der Waals surface area contributed by atoms with Crippen molar-refractivity contribution < 1.29 is 4.39 Å². The quantitative estimate of drug-likeness (QED) is 0.705. The van der Waals surface area contributed by atoms with Crippen LogP contribution in [0, 0.1) is 5.82 Å². The van der Waals surface area contributed by atoms with Crippen LogP contribution in [0.3, 0.4) is 0 Å². The lowest BCUT2D eigenvalue weighted by Gasteiger charge is -2.04. The lowest BCUT2D eigenvalue weighted by atomic mass is 10.2. The van der Waals surface area contributed by atoms with E-state index in [1.165, 1.54) is 0 Å². The van der Waals surface area contributed by atoms with Crippen LogP contribution in [0.5, 0.6) is 0 Å². The minimum Gasteiger partial charge on any atom is -0.398 e. The van der Waals surface area contributed by atoms with Crippen LogP contribution in [0.25, 0.3) is 0 Å². The van der Waals surface area contributed by atoms with Gasteiger partial charge in [0.15, 0.2) is 0 Å². The minimum atomic E-state index is -0.368. The van der Waals surface area contributed by atoms with Gasteiger partial charge in [-0.1, -0.05) is 0 Å². The number of nitrogen functional groups attached to an aromatic ring is 1. The third-order valence-electron chi connectivity index (χ3n) is 1.44. The van der Waals surface area contributed by atoms with Crippen molar-refractivity contribution in [3.05, 3.63) is 28.0 Å². The van der Waals surface area contributed by atoms with Crippen molar-refractivity contribution in [2.45, 2.75) is 6.54 Å². The molecule has 0 spiro atoms. The van der Waals surface area contributed by atoms with Crippen molar-refractivity contribution in [3.63, 3.8) is 0 Å². The first-order chi connectivity index (χ1) is 5.16. The summed E-state index contributed by atoms with van der Waals surface area (Å²) in [7, 11) is 0. The molecule has 4 heteroatoms. The molecule has 1 aromatic carbocycles. The Morgan fingerprint density at radius 2 is 2.09 bits per heavy atom. The summed E-state index contributed by atoms with van der Waals surface area (Å²) in [5.41, 5.74) is 11.5. The van der Waals surface area contributed by atoms with E-state index in [0.29, 0.717) is 15.7 Å². The Kier molecular flexibility index (Phi) is 2.46. The molecule has 0 aliphatic heterocycles. The van der Waals surface area contributed by atoms with Crippen molar-refractivity contribution in [2.24, 2.45) is 5.73 Å². The minimum absolute atomic E-state index is 0.122. The van der Waals surface area contributed by atoms with Gasteiger partial charge in [-0.15, -0.1) is 0 Å². The maximum atomic E-state index is 13.1. The number of anilines is 1. The zero-order valence-electron chi connectivity index (χ0n) is 5.77. The number of hydrogen-bond acceptors (Lipinski definition) is 2. The summed E-state index contributed by atoms with van der Waals surface area (Å²) in [6.45, 7) is 0.122. The second-order valence-electron chi connectivity index (χ2n) is 2.13. The van der Waals surface area contributed by atoms with Crippen LogP contribution in [-0.4, -0.2) is 0 Å². The van der Waals surface area contributed by atoms with E-state index in [-0.39, 0.29) is 12.4 Å².